The van der Waals surface area contributed by atoms with Gasteiger partial charge in [-0.25, -0.2) is 0 Å². The molecule has 0 bridgehead atoms. The molecule has 18 heavy (non-hydrogen) atoms. The van der Waals surface area contributed by atoms with Crippen LogP contribution in [0.5, 0.6) is 0 Å². The average molecular weight is 244 g/mol. The van der Waals surface area contributed by atoms with Crippen LogP contribution in [0.1, 0.15) is 19.8 Å². The molecule has 0 unspecified atom stereocenters. The first-order valence-electron chi connectivity index (χ1n) is 6.52. The number of benzene rings is 1. The Bertz CT molecular complexity index is 493. The predicted molar refractivity (Wildman–Crippen MR) is 75.7 cm³/mol. The summed E-state index contributed by atoms with van der Waals surface area (Å²) in [5, 5.41) is 10.7. The van der Waals surface area contributed by atoms with Crippen molar-refractivity contribution >= 4 is 16.6 Å². The smallest absolute Gasteiger partial charge is 0.159 e. The highest BCUT2D eigenvalue weighted by molar-refractivity contribution is 5.91. The molecule has 0 aliphatic heterocycles. The normalized spacial score (nSPS) is 10.8. The molecule has 0 amide bonds. The van der Waals surface area contributed by atoms with E-state index in [1.807, 2.05) is 12.1 Å². The molecule has 4 heteroatoms. The third-order valence-electron chi connectivity index (χ3n) is 3.03. The SMILES string of the molecule is CCCCN(CCN)c1nncc2ccccc12. The summed E-state index contributed by atoms with van der Waals surface area (Å²) in [5.41, 5.74) is 5.69. The Morgan fingerprint density at radius 3 is 2.83 bits per heavy atom. The van der Waals surface area contributed by atoms with Crippen molar-refractivity contribution < 1.29 is 0 Å². The molecule has 2 N–H and O–H groups in total. The zero-order chi connectivity index (χ0) is 12.8. The lowest BCUT2D eigenvalue weighted by molar-refractivity contribution is 0.705. The van der Waals surface area contributed by atoms with E-state index in [1.165, 1.54) is 6.42 Å². The second-order valence-corrected chi connectivity index (χ2v) is 4.38. The van der Waals surface area contributed by atoms with E-state index in [-0.39, 0.29) is 0 Å². The van der Waals surface area contributed by atoms with Crippen LogP contribution < -0.4 is 10.6 Å². The molecule has 4 nitrogen and oxygen atoms in total. The summed E-state index contributed by atoms with van der Waals surface area (Å²) in [4.78, 5) is 2.23. The maximum atomic E-state index is 5.69. The van der Waals surface area contributed by atoms with Crippen molar-refractivity contribution in [3.63, 3.8) is 0 Å². The van der Waals surface area contributed by atoms with Gasteiger partial charge in [0.2, 0.25) is 0 Å². The van der Waals surface area contributed by atoms with Gasteiger partial charge in [-0.2, -0.15) is 5.10 Å². The van der Waals surface area contributed by atoms with Gasteiger partial charge in [0.05, 0.1) is 6.20 Å². The summed E-state index contributed by atoms with van der Waals surface area (Å²) in [7, 11) is 0. The minimum Gasteiger partial charge on any atom is -0.353 e. The van der Waals surface area contributed by atoms with Crippen molar-refractivity contribution in [2.24, 2.45) is 5.73 Å². The van der Waals surface area contributed by atoms with Crippen LogP contribution >= 0.6 is 0 Å². The van der Waals surface area contributed by atoms with Crippen LogP contribution in [0.2, 0.25) is 0 Å². The van der Waals surface area contributed by atoms with E-state index >= 15 is 0 Å². The Balaban J connectivity index is 2.36. The van der Waals surface area contributed by atoms with Gasteiger partial charge in [0.15, 0.2) is 5.82 Å². The molecule has 0 spiro atoms. The van der Waals surface area contributed by atoms with Crippen molar-refractivity contribution in [2.45, 2.75) is 19.8 Å². The Labute approximate surface area is 108 Å². The Kier molecular flexibility index (Phi) is 4.47. The summed E-state index contributed by atoms with van der Waals surface area (Å²) < 4.78 is 0. The number of nitrogens with zero attached hydrogens (tertiary/aromatic N) is 3. The highest BCUT2D eigenvalue weighted by Crippen LogP contribution is 2.23. The van der Waals surface area contributed by atoms with E-state index in [9.17, 15) is 0 Å². The first-order chi connectivity index (χ1) is 8.86. The molecule has 0 fully saturated rings. The topological polar surface area (TPSA) is 55.0 Å². The molecular weight excluding hydrogens is 224 g/mol. The number of nitrogens with two attached hydrogens (primary N) is 1. The summed E-state index contributed by atoms with van der Waals surface area (Å²) in [5.74, 6) is 0.951. The van der Waals surface area contributed by atoms with E-state index in [4.69, 9.17) is 5.73 Å². The van der Waals surface area contributed by atoms with Crippen molar-refractivity contribution in [1.82, 2.24) is 10.2 Å². The molecular formula is C14H20N4. The van der Waals surface area contributed by atoms with Gasteiger partial charge in [-0.1, -0.05) is 37.6 Å². The van der Waals surface area contributed by atoms with E-state index in [2.05, 4.69) is 34.2 Å². The van der Waals surface area contributed by atoms with Gasteiger partial charge in [0.1, 0.15) is 0 Å². The largest absolute Gasteiger partial charge is 0.353 e. The van der Waals surface area contributed by atoms with Crippen molar-refractivity contribution in [3.05, 3.63) is 30.5 Å². The fourth-order valence-electron chi connectivity index (χ4n) is 2.07. The third kappa shape index (κ3) is 2.76. The second-order valence-electron chi connectivity index (χ2n) is 4.38. The number of hydrogen-bond acceptors (Lipinski definition) is 4. The summed E-state index contributed by atoms with van der Waals surface area (Å²) >= 11 is 0. The molecule has 1 aromatic heterocycles. The monoisotopic (exact) mass is 244 g/mol. The van der Waals surface area contributed by atoms with Gasteiger partial charge in [0, 0.05) is 30.4 Å². The van der Waals surface area contributed by atoms with Gasteiger partial charge in [0.25, 0.3) is 0 Å². The molecule has 0 saturated carbocycles. The van der Waals surface area contributed by atoms with Crippen molar-refractivity contribution in [2.75, 3.05) is 24.5 Å². The van der Waals surface area contributed by atoms with Crippen LogP contribution in [0.3, 0.4) is 0 Å². The zero-order valence-electron chi connectivity index (χ0n) is 10.8. The fourth-order valence-corrected chi connectivity index (χ4v) is 2.07. The standard InChI is InChI=1S/C14H20N4/c1-2-3-9-18(10-8-15)14-13-7-5-4-6-12(13)11-16-17-14/h4-7,11H,2-3,8-10,15H2,1H3. The molecule has 0 aliphatic carbocycles. The highest BCUT2D eigenvalue weighted by Gasteiger charge is 2.10. The lowest BCUT2D eigenvalue weighted by atomic mass is 10.2. The minimum absolute atomic E-state index is 0.634. The lowest BCUT2D eigenvalue weighted by Gasteiger charge is -2.23. The van der Waals surface area contributed by atoms with Gasteiger partial charge >= 0.3 is 0 Å². The second kappa shape index (κ2) is 6.31. The quantitative estimate of drug-likeness (QED) is 0.846. The van der Waals surface area contributed by atoms with Gasteiger partial charge in [-0.3, -0.25) is 0 Å². The molecule has 96 valence electrons. The Hall–Kier alpha value is -1.68. The number of fused-ring (bicyclic) bond motifs is 1. The highest BCUT2D eigenvalue weighted by atomic mass is 15.3. The first kappa shape index (κ1) is 12.8. The molecule has 2 aromatic rings. The van der Waals surface area contributed by atoms with E-state index < -0.39 is 0 Å². The van der Waals surface area contributed by atoms with Crippen LogP contribution in [0.15, 0.2) is 30.5 Å². The van der Waals surface area contributed by atoms with Crippen molar-refractivity contribution in [1.29, 1.82) is 0 Å². The number of unbranched alkanes of at least 4 members (excludes halogenated alkanes) is 1. The van der Waals surface area contributed by atoms with Gasteiger partial charge < -0.3 is 10.6 Å². The van der Waals surface area contributed by atoms with Gasteiger partial charge in [-0.15, -0.1) is 5.10 Å². The molecule has 2 rings (SSSR count). The van der Waals surface area contributed by atoms with Crippen LogP contribution in [-0.4, -0.2) is 29.8 Å². The summed E-state index contributed by atoms with van der Waals surface area (Å²) in [6.45, 7) is 4.63. The van der Waals surface area contributed by atoms with Crippen LogP contribution in [0.4, 0.5) is 5.82 Å². The predicted octanol–water partition coefficient (Wildman–Crippen LogP) is 2.19. The summed E-state index contributed by atoms with van der Waals surface area (Å²) in [6.07, 6.45) is 4.11. The number of hydrogen-bond donors (Lipinski definition) is 1. The maximum Gasteiger partial charge on any atom is 0.159 e. The van der Waals surface area contributed by atoms with E-state index in [0.29, 0.717) is 6.54 Å². The summed E-state index contributed by atoms with van der Waals surface area (Å²) in [6, 6.07) is 8.21. The van der Waals surface area contributed by atoms with Crippen LogP contribution in [-0.2, 0) is 0 Å². The van der Waals surface area contributed by atoms with E-state index in [0.717, 1.165) is 36.1 Å². The molecule has 0 atom stereocenters. The average Bonchev–Trinajstić information content (AvgIpc) is 2.43. The van der Waals surface area contributed by atoms with Crippen molar-refractivity contribution in [3.8, 4) is 0 Å². The number of rotatable bonds is 6. The Morgan fingerprint density at radius 2 is 2.06 bits per heavy atom. The Morgan fingerprint density at radius 1 is 1.22 bits per heavy atom. The number of aromatic nitrogens is 2. The molecule has 1 heterocycles. The number of anilines is 1. The molecule has 0 aliphatic rings. The first-order valence-corrected chi connectivity index (χ1v) is 6.52. The van der Waals surface area contributed by atoms with Gasteiger partial charge in [-0.05, 0) is 6.42 Å². The molecule has 0 radical (unpaired) electrons. The zero-order valence-corrected chi connectivity index (χ0v) is 10.8. The maximum absolute atomic E-state index is 5.69. The minimum atomic E-state index is 0.634. The molecule has 0 saturated heterocycles. The third-order valence-corrected chi connectivity index (χ3v) is 3.03. The van der Waals surface area contributed by atoms with Crippen LogP contribution in [0, 0.1) is 0 Å². The lowest BCUT2D eigenvalue weighted by Crippen LogP contribution is -2.31. The van der Waals surface area contributed by atoms with Crippen LogP contribution in [0.25, 0.3) is 10.8 Å². The molecule has 1 aromatic carbocycles. The fraction of sp³-hybridized carbons (Fsp3) is 0.429. The van der Waals surface area contributed by atoms with E-state index in [1.54, 1.807) is 6.20 Å².